The molecule has 0 aliphatic rings. The highest BCUT2D eigenvalue weighted by Gasteiger charge is 2.04. The zero-order chi connectivity index (χ0) is 8.97. The molecule has 0 N–H and O–H groups in total. The largest absolute Gasteiger partial charge is 0.0774 e. The van der Waals surface area contributed by atoms with E-state index in [9.17, 15) is 0 Å². The van der Waals surface area contributed by atoms with Gasteiger partial charge in [0.2, 0.25) is 0 Å². The lowest BCUT2D eigenvalue weighted by molar-refractivity contribution is 0.799. The maximum Gasteiger partial charge on any atom is 0.0359 e. The Morgan fingerprint density at radius 1 is 1.33 bits per heavy atom. The number of hydrogen-bond acceptors (Lipinski definition) is 0. The van der Waals surface area contributed by atoms with Gasteiger partial charge in [-0.1, -0.05) is 64.0 Å². The van der Waals surface area contributed by atoms with Crippen LogP contribution in [0.5, 0.6) is 0 Å². The van der Waals surface area contributed by atoms with Crippen molar-refractivity contribution >= 4 is 38.5 Å². The van der Waals surface area contributed by atoms with Crippen molar-refractivity contribution in [3.63, 3.8) is 0 Å². The van der Waals surface area contributed by atoms with Gasteiger partial charge < -0.3 is 0 Å². The van der Waals surface area contributed by atoms with Crippen LogP contribution in [0.4, 0.5) is 0 Å². The van der Waals surface area contributed by atoms with Crippen molar-refractivity contribution in [2.75, 3.05) is 0 Å². The molecule has 0 saturated carbocycles. The molecule has 0 aromatic heterocycles. The number of rotatable bonds is 3. The Hall–Kier alpha value is 0.430. The molecule has 0 saturated heterocycles. The van der Waals surface area contributed by atoms with Gasteiger partial charge in [0.15, 0.2) is 0 Å². The molecule has 0 spiro atoms. The monoisotopic (exact) mass is 338 g/mol. The second kappa shape index (κ2) is 5.22. The molecule has 0 fully saturated rings. The molecule has 0 aliphatic heterocycles. The summed E-state index contributed by atoms with van der Waals surface area (Å²) in [5.41, 5.74) is 1.43. The van der Waals surface area contributed by atoms with Crippen LogP contribution >= 0.6 is 38.5 Å². The Balaban J connectivity index is 2.68. The van der Waals surface area contributed by atoms with E-state index in [2.05, 4.69) is 69.7 Å². The summed E-state index contributed by atoms with van der Waals surface area (Å²) >= 11 is 5.93. The first kappa shape index (κ1) is 10.5. The van der Waals surface area contributed by atoms with E-state index in [1.165, 1.54) is 18.4 Å². The summed E-state index contributed by atoms with van der Waals surface area (Å²) in [4.78, 5) is 0. The Morgan fingerprint density at radius 3 is 2.42 bits per heavy atom. The summed E-state index contributed by atoms with van der Waals surface area (Å²) in [5.74, 6) is 0. The van der Waals surface area contributed by atoms with Gasteiger partial charge in [-0.05, 0) is 24.1 Å². The SMILES string of the molecule is CCCC(I)c1ccc(Br)cc1. The fourth-order valence-electron chi connectivity index (χ4n) is 1.09. The zero-order valence-electron chi connectivity index (χ0n) is 7.06. The molecule has 1 rings (SSSR count). The minimum absolute atomic E-state index is 0.667. The minimum atomic E-state index is 0.667. The smallest absolute Gasteiger partial charge is 0.0359 e. The molecule has 1 unspecified atom stereocenters. The van der Waals surface area contributed by atoms with Gasteiger partial charge in [-0.15, -0.1) is 0 Å². The highest BCUT2D eigenvalue weighted by atomic mass is 127. The topological polar surface area (TPSA) is 0 Å². The van der Waals surface area contributed by atoms with Crippen molar-refractivity contribution in [3.8, 4) is 0 Å². The first-order chi connectivity index (χ1) is 5.74. The lowest BCUT2D eigenvalue weighted by Gasteiger charge is -2.07. The van der Waals surface area contributed by atoms with E-state index < -0.39 is 0 Å². The third-order valence-corrected chi connectivity index (χ3v) is 3.64. The Morgan fingerprint density at radius 2 is 1.92 bits per heavy atom. The number of benzene rings is 1. The normalized spacial score (nSPS) is 12.9. The van der Waals surface area contributed by atoms with Crippen LogP contribution in [0, 0.1) is 0 Å². The van der Waals surface area contributed by atoms with Crippen molar-refractivity contribution in [1.82, 2.24) is 0 Å². The van der Waals surface area contributed by atoms with Gasteiger partial charge in [0.05, 0.1) is 0 Å². The summed E-state index contributed by atoms with van der Waals surface area (Å²) < 4.78 is 1.83. The molecule has 0 radical (unpaired) electrons. The Kier molecular flexibility index (Phi) is 4.57. The van der Waals surface area contributed by atoms with E-state index in [-0.39, 0.29) is 0 Å². The van der Waals surface area contributed by atoms with E-state index >= 15 is 0 Å². The molecule has 0 heterocycles. The van der Waals surface area contributed by atoms with Gasteiger partial charge in [0.1, 0.15) is 0 Å². The average Bonchev–Trinajstić information content (AvgIpc) is 2.06. The second-order valence-electron chi connectivity index (χ2n) is 2.81. The number of hydrogen-bond donors (Lipinski definition) is 0. The van der Waals surface area contributed by atoms with Crippen LogP contribution < -0.4 is 0 Å². The molecular weight excluding hydrogens is 327 g/mol. The summed E-state index contributed by atoms with van der Waals surface area (Å²) in [7, 11) is 0. The van der Waals surface area contributed by atoms with E-state index in [1.54, 1.807) is 0 Å². The summed E-state index contributed by atoms with van der Waals surface area (Å²) in [6, 6.07) is 8.60. The third kappa shape index (κ3) is 3.05. The second-order valence-corrected chi connectivity index (χ2v) is 5.23. The lowest BCUT2D eigenvalue weighted by Crippen LogP contribution is -1.87. The lowest BCUT2D eigenvalue weighted by atomic mass is 10.1. The van der Waals surface area contributed by atoms with E-state index in [0.717, 1.165) is 4.47 Å². The van der Waals surface area contributed by atoms with Crippen molar-refractivity contribution in [2.45, 2.75) is 23.7 Å². The van der Waals surface area contributed by atoms with Crippen LogP contribution in [0.1, 0.15) is 29.3 Å². The van der Waals surface area contributed by atoms with E-state index in [0.29, 0.717) is 3.92 Å². The molecule has 1 atom stereocenters. The predicted molar refractivity (Wildman–Crippen MR) is 65.8 cm³/mol. The summed E-state index contributed by atoms with van der Waals surface area (Å²) in [6.45, 7) is 2.23. The van der Waals surface area contributed by atoms with Crippen molar-refractivity contribution in [2.24, 2.45) is 0 Å². The van der Waals surface area contributed by atoms with Gasteiger partial charge in [-0.3, -0.25) is 0 Å². The Bertz CT molecular complexity index is 230. The summed E-state index contributed by atoms with van der Waals surface area (Å²) in [5, 5.41) is 0. The quantitative estimate of drug-likeness (QED) is 0.552. The van der Waals surface area contributed by atoms with Crippen LogP contribution in [-0.2, 0) is 0 Å². The van der Waals surface area contributed by atoms with Gasteiger partial charge >= 0.3 is 0 Å². The summed E-state index contributed by atoms with van der Waals surface area (Å²) in [6.07, 6.45) is 2.52. The predicted octanol–water partition coefficient (Wildman–Crippen LogP) is 4.73. The zero-order valence-corrected chi connectivity index (χ0v) is 10.8. The van der Waals surface area contributed by atoms with E-state index in [1.807, 2.05) is 0 Å². The first-order valence-electron chi connectivity index (χ1n) is 4.13. The molecule has 0 aliphatic carbocycles. The fourth-order valence-corrected chi connectivity index (χ4v) is 2.39. The molecule has 66 valence electrons. The standard InChI is InChI=1S/C10H12BrI/c1-2-3-10(12)8-4-6-9(11)7-5-8/h4-7,10H,2-3H2,1H3. The van der Waals surface area contributed by atoms with Crippen LogP contribution in [-0.4, -0.2) is 0 Å². The Labute approximate surface area is 96.0 Å². The minimum Gasteiger partial charge on any atom is -0.0774 e. The maximum absolute atomic E-state index is 3.43. The highest BCUT2D eigenvalue weighted by molar-refractivity contribution is 14.1. The van der Waals surface area contributed by atoms with Gasteiger partial charge in [0.25, 0.3) is 0 Å². The number of alkyl halides is 1. The molecular formula is C10H12BrI. The molecule has 2 heteroatoms. The molecule has 12 heavy (non-hydrogen) atoms. The van der Waals surface area contributed by atoms with Crippen LogP contribution in [0.15, 0.2) is 28.7 Å². The number of halogens is 2. The van der Waals surface area contributed by atoms with Crippen LogP contribution in [0.25, 0.3) is 0 Å². The molecule has 1 aromatic rings. The average molecular weight is 339 g/mol. The van der Waals surface area contributed by atoms with Crippen molar-refractivity contribution < 1.29 is 0 Å². The van der Waals surface area contributed by atoms with Gasteiger partial charge in [-0.2, -0.15) is 0 Å². The molecule has 0 nitrogen and oxygen atoms in total. The van der Waals surface area contributed by atoms with Crippen molar-refractivity contribution in [1.29, 1.82) is 0 Å². The van der Waals surface area contributed by atoms with Crippen molar-refractivity contribution in [3.05, 3.63) is 34.3 Å². The molecule has 1 aromatic carbocycles. The van der Waals surface area contributed by atoms with Gasteiger partial charge in [0, 0.05) is 8.40 Å². The molecule has 0 bridgehead atoms. The first-order valence-corrected chi connectivity index (χ1v) is 6.17. The third-order valence-electron chi connectivity index (χ3n) is 1.77. The van der Waals surface area contributed by atoms with Crippen LogP contribution in [0.3, 0.4) is 0 Å². The van der Waals surface area contributed by atoms with Gasteiger partial charge in [-0.25, -0.2) is 0 Å². The molecule has 0 amide bonds. The highest BCUT2D eigenvalue weighted by Crippen LogP contribution is 2.28. The van der Waals surface area contributed by atoms with Crippen LogP contribution in [0.2, 0.25) is 0 Å². The van der Waals surface area contributed by atoms with E-state index in [4.69, 9.17) is 0 Å². The maximum atomic E-state index is 3.43. The fraction of sp³-hybridized carbons (Fsp3) is 0.400.